The predicted molar refractivity (Wildman–Crippen MR) is 58.9 cm³/mol. The lowest BCUT2D eigenvalue weighted by molar-refractivity contribution is 0.282. The molecule has 0 aliphatic carbocycles. The van der Waals surface area contributed by atoms with Gasteiger partial charge in [-0.25, -0.2) is 0 Å². The van der Waals surface area contributed by atoms with Crippen LogP contribution in [-0.2, 0) is 0 Å². The molecule has 0 heterocycles. The second kappa shape index (κ2) is 11.6. The van der Waals surface area contributed by atoms with Gasteiger partial charge in [-0.3, -0.25) is 0 Å². The van der Waals surface area contributed by atoms with E-state index in [-0.39, 0.29) is 0 Å². The molecule has 15 heavy (non-hydrogen) atoms. The highest BCUT2D eigenvalue weighted by Crippen LogP contribution is 2.10. The van der Waals surface area contributed by atoms with Gasteiger partial charge in [0, 0.05) is 6.61 Å². The fraction of sp³-hybridized carbons (Fsp3) is 0.833. The fourth-order valence-electron chi connectivity index (χ4n) is 1.53. The van der Waals surface area contributed by atoms with E-state index < -0.39 is 6.08 Å². The first-order chi connectivity index (χ1) is 7.27. The highest BCUT2D eigenvalue weighted by molar-refractivity contribution is 4.79. The first kappa shape index (κ1) is 14.6. The summed E-state index contributed by atoms with van der Waals surface area (Å²) in [6, 6.07) is 0. The molecule has 0 atom stereocenters. The van der Waals surface area contributed by atoms with Gasteiger partial charge in [-0.1, -0.05) is 38.5 Å². The number of allylic oxidation sites excluding steroid dienone is 1. The Hall–Kier alpha value is -0.440. The summed E-state index contributed by atoms with van der Waals surface area (Å²) in [6.45, 7) is 0.293. The van der Waals surface area contributed by atoms with E-state index in [0.29, 0.717) is 13.0 Å². The molecule has 0 bridgehead atoms. The highest BCUT2D eigenvalue weighted by atomic mass is 19.3. The number of aliphatic hydroxyl groups excluding tert-OH is 1. The highest BCUT2D eigenvalue weighted by Gasteiger charge is 1.92. The van der Waals surface area contributed by atoms with Gasteiger partial charge >= 0.3 is 0 Å². The van der Waals surface area contributed by atoms with E-state index in [1.54, 1.807) is 0 Å². The molecule has 90 valence electrons. The van der Waals surface area contributed by atoms with Crippen LogP contribution in [0.1, 0.15) is 57.8 Å². The summed E-state index contributed by atoms with van der Waals surface area (Å²) in [6.07, 6.45) is 8.58. The lowest BCUT2D eigenvalue weighted by atomic mass is 10.1. The molecule has 0 aliphatic heterocycles. The van der Waals surface area contributed by atoms with Gasteiger partial charge in [0.15, 0.2) is 0 Å². The molecule has 0 aromatic carbocycles. The quantitative estimate of drug-likeness (QED) is 0.545. The predicted octanol–water partition coefficient (Wildman–Crippen LogP) is 4.27. The normalized spacial score (nSPS) is 10.3. The van der Waals surface area contributed by atoms with Crippen molar-refractivity contribution in [2.75, 3.05) is 6.61 Å². The fourth-order valence-corrected chi connectivity index (χ4v) is 1.53. The Morgan fingerprint density at radius 2 is 1.27 bits per heavy atom. The maximum absolute atomic E-state index is 11.6. The zero-order chi connectivity index (χ0) is 11.4. The Kier molecular flexibility index (Phi) is 11.3. The van der Waals surface area contributed by atoms with E-state index in [1.807, 2.05) is 0 Å². The topological polar surface area (TPSA) is 20.2 Å². The molecular formula is C12H22F2O. The van der Waals surface area contributed by atoms with E-state index in [4.69, 9.17) is 5.11 Å². The monoisotopic (exact) mass is 220 g/mol. The zero-order valence-electron chi connectivity index (χ0n) is 9.35. The maximum Gasteiger partial charge on any atom is 0.266 e. The maximum atomic E-state index is 11.6. The van der Waals surface area contributed by atoms with Crippen LogP contribution in [-0.4, -0.2) is 11.7 Å². The molecule has 1 nitrogen and oxygen atoms in total. The van der Waals surface area contributed by atoms with Crippen molar-refractivity contribution < 1.29 is 13.9 Å². The molecule has 0 saturated carbocycles. The van der Waals surface area contributed by atoms with Gasteiger partial charge in [0.2, 0.25) is 0 Å². The van der Waals surface area contributed by atoms with Crippen molar-refractivity contribution in [3.05, 3.63) is 12.2 Å². The number of hydrogen-bond donors (Lipinski definition) is 1. The third-order valence-electron chi connectivity index (χ3n) is 2.41. The van der Waals surface area contributed by atoms with E-state index in [2.05, 4.69) is 0 Å². The Morgan fingerprint density at radius 1 is 0.800 bits per heavy atom. The SMILES string of the molecule is OCCCCCCCCCCC=C(F)F. The Bertz CT molecular complexity index is 154. The number of hydrogen-bond acceptors (Lipinski definition) is 1. The third-order valence-corrected chi connectivity index (χ3v) is 2.41. The summed E-state index contributed by atoms with van der Waals surface area (Å²) in [5, 5.41) is 8.54. The van der Waals surface area contributed by atoms with Crippen molar-refractivity contribution in [3.8, 4) is 0 Å². The van der Waals surface area contributed by atoms with E-state index >= 15 is 0 Å². The van der Waals surface area contributed by atoms with Crippen molar-refractivity contribution >= 4 is 0 Å². The van der Waals surface area contributed by atoms with Crippen LogP contribution in [0.5, 0.6) is 0 Å². The smallest absolute Gasteiger partial charge is 0.266 e. The van der Waals surface area contributed by atoms with Crippen LogP contribution < -0.4 is 0 Å². The minimum absolute atomic E-state index is 0.293. The summed E-state index contributed by atoms with van der Waals surface area (Å²) in [5.41, 5.74) is 0. The van der Waals surface area contributed by atoms with Gasteiger partial charge in [0.25, 0.3) is 6.08 Å². The van der Waals surface area contributed by atoms with Crippen LogP contribution in [0.3, 0.4) is 0 Å². The average Bonchev–Trinajstić information content (AvgIpc) is 2.20. The molecular weight excluding hydrogens is 198 g/mol. The van der Waals surface area contributed by atoms with Crippen molar-refractivity contribution in [2.24, 2.45) is 0 Å². The van der Waals surface area contributed by atoms with Gasteiger partial charge in [0.1, 0.15) is 0 Å². The van der Waals surface area contributed by atoms with Crippen LogP contribution in [0.2, 0.25) is 0 Å². The molecule has 0 spiro atoms. The number of halogens is 2. The molecule has 0 saturated heterocycles. The lowest BCUT2D eigenvalue weighted by Crippen LogP contribution is -1.84. The Labute approximate surface area is 91.2 Å². The van der Waals surface area contributed by atoms with Crippen LogP contribution in [0.25, 0.3) is 0 Å². The van der Waals surface area contributed by atoms with E-state index in [0.717, 1.165) is 38.2 Å². The van der Waals surface area contributed by atoms with E-state index in [9.17, 15) is 8.78 Å². The Morgan fingerprint density at radius 3 is 1.73 bits per heavy atom. The van der Waals surface area contributed by atoms with E-state index in [1.165, 1.54) is 19.3 Å². The minimum atomic E-state index is -1.56. The standard InChI is InChI=1S/C12H22F2O/c13-12(14)10-8-6-4-2-1-3-5-7-9-11-15/h10,15H,1-9,11H2. The van der Waals surface area contributed by atoms with Gasteiger partial charge in [-0.2, -0.15) is 8.78 Å². The van der Waals surface area contributed by atoms with Crippen molar-refractivity contribution in [3.63, 3.8) is 0 Å². The number of rotatable bonds is 10. The molecule has 0 aromatic heterocycles. The largest absolute Gasteiger partial charge is 0.396 e. The summed E-state index contributed by atoms with van der Waals surface area (Å²) < 4.78 is 23.2. The van der Waals surface area contributed by atoms with Crippen LogP contribution in [0.4, 0.5) is 8.78 Å². The lowest BCUT2D eigenvalue weighted by Gasteiger charge is -2.00. The van der Waals surface area contributed by atoms with Crippen molar-refractivity contribution in [1.29, 1.82) is 0 Å². The van der Waals surface area contributed by atoms with Gasteiger partial charge in [-0.05, 0) is 25.3 Å². The molecule has 0 fully saturated rings. The molecule has 0 radical (unpaired) electrons. The Balaban J connectivity index is 2.96. The minimum Gasteiger partial charge on any atom is -0.396 e. The van der Waals surface area contributed by atoms with Crippen LogP contribution >= 0.6 is 0 Å². The second-order valence-corrected chi connectivity index (χ2v) is 3.83. The molecule has 0 unspecified atom stereocenters. The molecule has 0 amide bonds. The molecule has 0 aliphatic rings. The zero-order valence-corrected chi connectivity index (χ0v) is 9.35. The van der Waals surface area contributed by atoms with Crippen LogP contribution in [0.15, 0.2) is 12.2 Å². The van der Waals surface area contributed by atoms with Crippen LogP contribution in [0, 0.1) is 0 Å². The summed E-state index contributed by atoms with van der Waals surface area (Å²) in [4.78, 5) is 0. The van der Waals surface area contributed by atoms with Gasteiger partial charge < -0.3 is 5.11 Å². The van der Waals surface area contributed by atoms with Gasteiger partial charge in [-0.15, -0.1) is 0 Å². The third kappa shape index (κ3) is 13.6. The summed E-state index contributed by atoms with van der Waals surface area (Å²) >= 11 is 0. The first-order valence-electron chi connectivity index (χ1n) is 5.89. The summed E-state index contributed by atoms with van der Waals surface area (Å²) in [5.74, 6) is 0. The van der Waals surface area contributed by atoms with Crippen molar-refractivity contribution in [1.82, 2.24) is 0 Å². The second-order valence-electron chi connectivity index (χ2n) is 3.83. The molecule has 1 N–H and O–H groups in total. The molecule has 0 rings (SSSR count). The van der Waals surface area contributed by atoms with Crippen molar-refractivity contribution in [2.45, 2.75) is 57.8 Å². The van der Waals surface area contributed by atoms with Gasteiger partial charge in [0.05, 0.1) is 0 Å². The number of unbranched alkanes of at least 4 members (excludes halogenated alkanes) is 8. The average molecular weight is 220 g/mol. The molecule has 0 aromatic rings. The number of aliphatic hydroxyl groups is 1. The summed E-state index contributed by atoms with van der Waals surface area (Å²) in [7, 11) is 0. The molecule has 3 heteroatoms. The first-order valence-corrected chi connectivity index (χ1v) is 5.89.